The zero-order valence-electron chi connectivity index (χ0n) is 10.2. The number of hydrogen-bond donors (Lipinski definition) is 0. The van der Waals surface area contributed by atoms with E-state index in [0.29, 0.717) is 0 Å². The zero-order chi connectivity index (χ0) is 11.7. The topological polar surface area (TPSA) is 9.23 Å². The molecular weight excluding hydrogens is 203 g/mol. The molecule has 2 heteroatoms. The molecule has 0 amide bonds. The summed E-state index contributed by atoms with van der Waals surface area (Å²) in [6.45, 7) is 6.68. The van der Waals surface area contributed by atoms with Gasteiger partial charge in [0, 0.05) is 0 Å². The monoisotopic (exact) mass is 222 g/mol. The van der Waals surface area contributed by atoms with Crippen molar-refractivity contribution in [3.05, 3.63) is 29.1 Å². The highest BCUT2D eigenvalue weighted by Crippen LogP contribution is 2.32. The Kier molecular flexibility index (Phi) is 3.17. The van der Waals surface area contributed by atoms with Gasteiger partial charge in [0.1, 0.15) is 11.6 Å². The molecule has 0 aromatic heterocycles. The molecular formula is C14H19FO. The third kappa shape index (κ3) is 2.55. The van der Waals surface area contributed by atoms with Crippen LogP contribution in [0.2, 0.25) is 0 Å². The second-order valence-corrected chi connectivity index (χ2v) is 5.05. The number of hydrogen-bond acceptors (Lipinski definition) is 1. The van der Waals surface area contributed by atoms with E-state index in [1.807, 2.05) is 26.8 Å². The first kappa shape index (κ1) is 11.4. The molecule has 1 aliphatic rings. The summed E-state index contributed by atoms with van der Waals surface area (Å²) in [6.07, 6.45) is 2.55. The molecule has 88 valence electrons. The van der Waals surface area contributed by atoms with Gasteiger partial charge in [0.05, 0.1) is 6.61 Å². The molecule has 0 aliphatic heterocycles. The SMILES string of the molecule is Cc1cc(F)c(C(C)C)cc1OCC1CC1. The van der Waals surface area contributed by atoms with Crippen LogP contribution in [0.15, 0.2) is 12.1 Å². The van der Waals surface area contributed by atoms with E-state index in [1.165, 1.54) is 12.8 Å². The van der Waals surface area contributed by atoms with Crippen LogP contribution in [0.25, 0.3) is 0 Å². The normalized spacial score (nSPS) is 15.6. The summed E-state index contributed by atoms with van der Waals surface area (Å²) in [6, 6.07) is 3.44. The van der Waals surface area contributed by atoms with Crippen molar-refractivity contribution in [2.24, 2.45) is 5.92 Å². The molecule has 0 saturated heterocycles. The van der Waals surface area contributed by atoms with Gasteiger partial charge in [0.25, 0.3) is 0 Å². The predicted molar refractivity (Wildman–Crippen MR) is 63.4 cm³/mol. The summed E-state index contributed by atoms with van der Waals surface area (Å²) in [5.41, 5.74) is 1.64. The maximum absolute atomic E-state index is 13.6. The highest BCUT2D eigenvalue weighted by atomic mass is 19.1. The van der Waals surface area contributed by atoms with Crippen molar-refractivity contribution in [3.8, 4) is 5.75 Å². The van der Waals surface area contributed by atoms with Gasteiger partial charge in [0.15, 0.2) is 0 Å². The Labute approximate surface area is 96.6 Å². The van der Waals surface area contributed by atoms with Crippen molar-refractivity contribution < 1.29 is 9.13 Å². The minimum Gasteiger partial charge on any atom is -0.493 e. The lowest BCUT2D eigenvalue weighted by atomic mass is 10.0. The van der Waals surface area contributed by atoms with E-state index in [4.69, 9.17) is 4.74 Å². The Morgan fingerprint density at radius 2 is 2.06 bits per heavy atom. The fraction of sp³-hybridized carbons (Fsp3) is 0.571. The maximum Gasteiger partial charge on any atom is 0.127 e. The molecule has 0 heterocycles. The minimum absolute atomic E-state index is 0.119. The highest BCUT2D eigenvalue weighted by molar-refractivity contribution is 5.38. The lowest BCUT2D eigenvalue weighted by molar-refractivity contribution is 0.297. The van der Waals surface area contributed by atoms with Gasteiger partial charge in [-0.2, -0.15) is 0 Å². The van der Waals surface area contributed by atoms with E-state index >= 15 is 0 Å². The maximum atomic E-state index is 13.6. The van der Waals surface area contributed by atoms with Gasteiger partial charge >= 0.3 is 0 Å². The molecule has 2 rings (SSSR count). The quantitative estimate of drug-likeness (QED) is 0.747. The Hall–Kier alpha value is -1.05. The van der Waals surface area contributed by atoms with E-state index in [2.05, 4.69) is 0 Å². The van der Waals surface area contributed by atoms with E-state index in [9.17, 15) is 4.39 Å². The summed E-state index contributed by atoms with van der Waals surface area (Å²) < 4.78 is 19.4. The first-order valence-corrected chi connectivity index (χ1v) is 6.00. The van der Waals surface area contributed by atoms with Crippen LogP contribution < -0.4 is 4.74 Å². The van der Waals surface area contributed by atoms with Gasteiger partial charge in [0.2, 0.25) is 0 Å². The third-order valence-corrected chi connectivity index (χ3v) is 3.09. The van der Waals surface area contributed by atoms with Crippen LogP contribution in [-0.4, -0.2) is 6.61 Å². The molecule has 1 aliphatic carbocycles. The van der Waals surface area contributed by atoms with Crippen molar-refractivity contribution in [3.63, 3.8) is 0 Å². The molecule has 0 spiro atoms. The Bertz CT molecular complexity index is 381. The molecule has 0 bridgehead atoms. The van der Waals surface area contributed by atoms with Gasteiger partial charge in [-0.25, -0.2) is 4.39 Å². The van der Waals surface area contributed by atoms with Gasteiger partial charge < -0.3 is 4.74 Å². The number of ether oxygens (including phenoxy) is 1. The largest absolute Gasteiger partial charge is 0.493 e. The fourth-order valence-electron chi connectivity index (χ4n) is 1.76. The number of benzene rings is 1. The zero-order valence-corrected chi connectivity index (χ0v) is 10.2. The first-order valence-electron chi connectivity index (χ1n) is 6.00. The Morgan fingerprint density at radius 3 is 2.62 bits per heavy atom. The summed E-state index contributed by atoms with van der Waals surface area (Å²) in [7, 11) is 0. The van der Waals surface area contributed by atoms with Crippen LogP contribution in [0.1, 0.15) is 43.7 Å². The summed E-state index contributed by atoms with van der Waals surface area (Å²) in [5.74, 6) is 1.65. The van der Waals surface area contributed by atoms with Crippen molar-refractivity contribution >= 4 is 0 Å². The lowest BCUT2D eigenvalue weighted by Gasteiger charge is -2.13. The van der Waals surface area contributed by atoms with Crippen LogP contribution in [0.4, 0.5) is 4.39 Å². The average Bonchev–Trinajstić information content (AvgIpc) is 2.99. The molecule has 0 atom stereocenters. The van der Waals surface area contributed by atoms with Gasteiger partial charge in [-0.15, -0.1) is 0 Å². The van der Waals surface area contributed by atoms with Gasteiger partial charge in [-0.1, -0.05) is 13.8 Å². The standard InChI is InChI=1S/C14H19FO/c1-9(2)12-7-14(10(3)6-13(12)15)16-8-11-4-5-11/h6-7,9,11H,4-5,8H2,1-3H3. The van der Waals surface area contributed by atoms with Crippen molar-refractivity contribution in [2.45, 2.75) is 39.5 Å². The summed E-state index contributed by atoms with van der Waals surface area (Å²) in [5, 5.41) is 0. The second kappa shape index (κ2) is 4.44. The van der Waals surface area contributed by atoms with Gasteiger partial charge in [-0.3, -0.25) is 0 Å². The fourth-order valence-corrected chi connectivity index (χ4v) is 1.76. The Morgan fingerprint density at radius 1 is 1.38 bits per heavy atom. The summed E-state index contributed by atoms with van der Waals surface area (Å²) in [4.78, 5) is 0. The smallest absolute Gasteiger partial charge is 0.127 e. The first-order chi connectivity index (χ1) is 7.58. The molecule has 1 aromatic rings. The van der Waals surface area contributed by atoms with Crippen molar-refractivity contribution in [1.29, 1.82) is 0 Å². The average molecular weight is 222 g/mol. The van der Waals surface area contributed by atoms with Crippen LogP contribution in [0, 0.1) is 18.7 Å². The molecule has 1 nitrogen and oxygen atoms in total. The van der Waals surface area contributed by atoms with Gasteiger partial charge in [-0.05, 0) is 54.9 Å². The van der Waals surface area contributed by atoms with E-state index < -0.39 is 0 Å². The minimum atomic E-state index is -0.119. The third-order valence-electron chi connectivity index (χ3n) is 3.09. The predicted octanol–water partition coefficient (Wildman–Crippen LogP) is 4.05. The number of halogens is 1. The summed E-state index contributed by atoms with van der Waals surface area (Å²) >= 11 is 0. The lowest BCUT2D eigenvalue weighted by Crippen LogP contribution is -2.03. The molecule has 1 fully saturated rings. The Balaban J connectivity index is 2.18. The van der Waals surface area contributed by atoms with Crippen LogP contribution in [0.3, 0.4) is 0 Å². The molecule has 0 radical (unpaired) electrons. The van der Waals surface area contributed by atoms with E-state index in [-0.39, 0.29) is 11.7 Å². The van der Waals surface area contributed by atoms with Crippen LogP contribution >= 0.6 is 0 Å². The molecule has 1 aromatic carbocycles. The van der Waals surface area contributed by atoms with Crippen molar-refractivity contribution in [1.82, 2.24) is 0 Å². The number of rotatable bonds is 4. The van der Waals surface area contributed by atoms with Crippen LogP contribution in [-0.2, 0) is 0 Å². The number of aryl methyl sites for hydroxylation is 1. The molecule has 0 unspecified atom stereocenters. The second-order valence-electron chi connectivity index (χ2n) is 5.05. The van der Waals surface area contributed by atoms with Crippen molar-refractivity contribution in [2.75, 3.05) is 6.61 Å². The molecule has 0 N–H and O–H groups in total. The van der Waals surface area contributed by atoms with E-state index in [1.54, 1.807) is 6.07 Å². The molecule has 1 saturated carbocycles. The van der Waals surface area contributed by atoms with E-state index in [0.717, 1.165) is 29.4 Å². The highest BCUT2D eigenvalue weighted by Gasteiger charge is 2.22. The van der Waals surface area contributed by atoms with Crippen LogP contribution in [0.5, 0.6) is 5.75 Å². The molecule has 16 heavy (non-hydrogen) atoms.